The molecular weight excluding hydrogens is 299 g/mol. The molecule has 0 aliphatic rings. The number of benzene rings is 1. The predicted molar refractivity (Wildman–Crippen MR) is 83.7 cm³/mol. The first-order valence-electron chi connectivity index (χ1n) is 6.92. The van der Waals surface area contributed by atoms with Crippen molar-refractivity contribution in [2.75, 3.05) is 0 Å². The number of carboxylic acids is 1. The monoisotopic (exact) mass is 312 g/mol. The summed E-state index contributed by atoms with van der Waals surface area (Å²) >= 11 is 0. The Balaban J connectivity index is 2.59. The van der Waals surface area contributed by atoms with Gasteiger partial charge in [0.15, 0.2) is 0 Å². The molecule has 0 amide bonds. The fourth-order valence-electron chi connectivity index (χ4n) is 2.79. The van der Waals surface area contributed by atoms with E-state index >= 15 is 0 Å². The lowest BCUT2D eigenvalue weighted by atomic mass is 10.0. The van der Waals surface area contributed by atoms with Gasteiger partial charge < -0.3 is 5.11 Å². The largest absolute Gasteiger partial charge is 0.478 e. The Morgan fingerprint density at radius 1 is 1.22 bits per heavy atom. The second kappa shape index (κ2) is 5.31. The van der Waals surface area contributed by atoms with Gasteiger partial charge in [-0.25, -0.2) is 9.18 Å². The third kappa shape index (κ3) is 2.19. The molecule has 6 heteroatoms. The van der Waals surface area contributed by atoms with Gasteiger partial charge >= 0.3 is 5.97 Å². The summed E-state index contributed by atoms with van der Waals surface area (Å²) in [6.07, 6.45) is 1.57. The summed E-state index contributed by atoms with van der Waals surface area (Å²) in [4.78, 5) is 28.6. The van der Waals surface area contributed by atoms with E-state index in [1.807, 2.05) is 0 Å². The number of carboxylic acid groups (broad SMARTS) is 1. The summed E-state index contributed by atoms with van der Waals surface area (Å²) in [5, 5.41) is 9.39. The highest BCUT2D eigenvalue weighted by molar-refractivity contribution is 6.04. The minimum absolute atomic E-state index is 0.0950. The molecule has 0 atom stereocenters. The Labute approximate surface area is 130 Å². The van der Waals surface area contributed by atoms with Crippen molar-refractivity contribution in [3.8, 4) is 5.69 Å². The minimum atomic E-state index is -1.21. The van der Waals surface area contributed by atoms with E-state index in [1.165, 1.54) is 23.6 Å². The molecule has 0 radical (unpaired) electrons. The average Bonchev–Trinajstić information content (AvgIpc) is 2.48. The highest BCUT2D eigenvalue weighted by Gasteiger charge is 2.22. The molecule has 0 aliphatic carbocycles. The highest BCUT2D eigenvalue weighted by Crippen LogP contribution is 2.24. The van der Waals surface area contributed by atoms with E-state index in [9.17, 15) is 19.1 Å². The van der Waals surface area contributed by atoms with Crippen molar-refractivity contribution in [3.63, 3.8) is 0 Å². The average molecular weight is 312 g/mol. The molecular formula is C17H13FN2O3. The van der Waals surface area contributed by atoms with Gasteiger partial charge in [0.05, 0.1) is 22.3 Å². The SMILES string of the molecule is Cc1ncccc1-n1c(C)c(C(=O)O)c2cccc(F)c2c1=O. The second-order valence-electron chi connectivity index (χ2n) is 5.18. The molecule has 0 unspecified atom stereocenters. The molecule has 3 aromatic rings. The van der Waals surface area contributed by atoms with Crippen LogP contribution in [0.25, 0.3) is 16.5 Å². The Hall–Kier alpha value is -3.02. The van der Waals surface area contributed by atoms with Crippen molar-refractivity contribution in [3.05, 3.63) is 69.7 Å². The van der Waals surface area contributed by atoms with E-state index in [2.05, 4.69) is 4.98 Å². The van der Waals surface area contributed by atoms with Crippen LogP contribution in [0.3, 0.4) is 0 Å². The van der Waals surface area contributed by atoms with E-state index in [0.29, 0.717) is 11.4 Å². The van der Waals surface area contributed by atoms with Crippen LogP contribution in [0, 0.1) is 19.7 Å². The Morgan fingerprint density at radius 3 is 2.61 bits per heavy atom. The lowest BCUT2D eigenvalue weighted by Crippen LogP contribution is -2.25. The molecule has 1 N–H and O–H groups in total. The predicted octanol–water partition coefficient (Wildman–Crippen LogP) is 2.84. The third-order valence-electron chi connectivity index (χ3n) is 3.83. The van der Waals surface area contributed by atoms with E-state index < -0.39 is 17.3 Å². The van der Waals surface area contributed by atoms with Gasteiger partial charge in [-0.05, 0) is 32.0 Å². The number of hydrogen-bond acceptors (Lipinski definition) is 3. The number of nitrogens with zero attached hydrogens (tertiary/aromatic N) is 2. The van der Waals surface area contributed by atoms with E-state index in [-0.39, 0.29) is 22.0 Å². The molecule has 0 bridgehead atoms. The standard InChI is InChI=1S/C17H13FN2O3/c1-9-13(7-4-8-19-9)20-10(2)14(17(22)23)11-5-3-6-12(18)15(11)16(20)21/h3-8H,1-2H3,(H,22,23). The minimum Gasteiger partial charge on any atom is -0.478 e. The van der Waals surface area contributed by atoms with Crippen LogP contribution in [0.1, 0.15) is 21.7 Å². The Kier molecular flexibility index (Phi) is 3.44. The molecule has 2 aromatic heterocycles. The number of aryl methyl sites for hydroxylation is 1. The lowest BCUT2D eigenvalue weighted by Gasteiger charge is -2.16. The van der Waals surface area contributed by atoms with Gasteiger partial charge in [0.2, 0.25) is 0 Å². The van der Waals surface area contributed by atoms with Crippen LogP contribution in [0.4, 0.5) is 4.39 Å². The first kappa shape index (κ1) is 14.9. The van der Waals surface area contributed by atoms with Crippen LogP contribution < -0.4 is 5.56 Å². The number of hydrogen-bond donors (Lipinski definition) is 1. The maximum absolute atomic E-state index is 14.2. The molecule has 0 spiro atoms. The normalized spacial score (nSPS) is 10.9. The molecule has 0 aliphatic heterocycles. The summed E-state index contributed by atoms with van der Waals surface area (Å²) in [7, 11) is 0. The summed E-state index contributed by atoms with van der Waals surface area (Å²) in [6, 6.07) is 7.26. The van der Waals surface area contributed by atoms with Crippen molar-refractivity contribution in [2.24, 2.45) is 0 Å². The van der Waals surface area contributed by atoms with Crippen molar-refractivity contribution < 1.29 is 14.3 Å². The Bertz CT molecular complexity index is 1010. The Morgan fingerprint density at radius 2 is 1.96 bits per heavy atom. The molecule has 0 saturated heterocycles. The summed E-state index contributed by atoms with van der Waals surface area (Å²) in [6.45, 7) is 3.23. The first-order chi connectivity index (χ1) is 10.9. The maximum atomic E-state index is 14.2. The molecule has 23 heavy (non-hydrogen) atoms. The zero-order valence-electron chi connectivity index (χ0n) is 12.5. The maximum Gasteiger partial charge on any atom is 0.338 e. The van der Waals surface area contributed by atoms with Gasteiger partial charge in [-0.2, -0.15) is 0 Å². The van der Waals surface area contributed by atoms with Crippen LogP contribution in [-0.2, 0) is 0 Å². The van der Waals surface area contributed by atoms with Gasteiger partial charge in [-0.1, -0.05) is 12.1 Å². The number of rotatable bonds is 2. The fraction of sp³-hybridized carbons (Fsp3) is 0.118. The zero-order chi connectivity index (χ0) is 16.7. The van der Waals surface area contributed by atoms with Crippen LogP contribution >= 0.6 is 0 Å². The van der Waals surface area contributed by atoms with Crippen LogP contribution in [0.15, 0.2) is 41.3 Å². The number of carbonyl (C=O) groups is 1. The quantitative estimate of drug-likeness (QED) is 0.790. The van der Waals surface area contributed by atoms with E-state index in [1.54, 1.807) is 25.3 Å². The molecule has 1 aromatic carbocycles. The number of aromatic carboxylic acids is 1. The zero-order valence-corrected chi connectivity index (χ0v) is 12.5. The summed E-state index contributed by atoms with van der Waals surface area (Å²) in [5.41, 5.74) is 0.517. The molecule has 5 nitrogen and oxygen atoms in total. The molecule has 0 saturated carbocycles. The summed E-state index contributed by atoms with van der Waals surface area (Å²) in [5.74, 6) is -1.96. The molecule has 3 rings (SSSR count). The van der Waals surface area contributed by atoms with E-state index in [4.69, 9.17) is 0 Å². The number of pyridine rings is 2. The molecule has 2 heterocycles. The van der Waals surface area contributed by atoms with Crippen molar-refractivity contribution in [1.29, 1.82) is 0 Å². The fourth-order valence-corrected chi connectivity index (χ4v) is 2.79. The topological polar surface area (TPSA) is 72.2 Å². The highest BCUT2D eigenvalue weighted by atomic mass is 19.1. The summed E-state index contributed by atoms with van der Waals surface area (Å²) < 4.78 is 15.4. The first-order valence-corrected chi connectivity index (χ1v) is 6.92. The van der Waals surface area contributed by atoms with Gasteiger partial charge in [-0.15, -0.1) is 0 Å². The number of aromatic nitrogens is 2. The van der Waals surface area contributed by atoms with Gasteiger partial charge in [-0.3, -0.25) is 14.3 Å². The molecule has 0 fully saturated rings. The van der Waals surface area contributed by atoms with Crippen LogP contribution in [-0.4, -0.2) is 20.6 Å². The van der Waals surface area contributed by atoms with Gasteiger partial charge in [0.25, 0.3) is 5.56 Å². The third-order valence-corrected chi connectivity index (χ3v) is 3.83. The lowest BCUT2D eigenvalue weighted by molar-refractivity contribution is 0.0697. The second-order valence-corrected chi connectivity index (χ2v) is 5.18. The van der Waals surface area contributed by atoms with Crippen molar-refractivity contribution in [2.45, 2.75) is 13.8 Å². The number of fused-ring (bicyclic) bond motifs is 1. The van der Waals surface area contributed by atoms with Crippen molar-refractivity contribution in [1.82, 2.24) is 9.55 Å². The van der Waals surface area contributed by atoms with E-state index in [0.717, 1.165) is 6.07 Å². The van der Waals surface area contributed by atoms with Crippen LogP contribution in [0.5, 0.6) is 0 Å². The number of halogens is 1. The van der Waals surface area contributed by atoms with Crippen LogP contribution in [0.2, 0.25) is 0 Å². The molecule has 116 valence electrons. The van der Waals surface area contributed by atoms with Gasteiger partial charge in [0.1, 0.15) is 5.82 Å². The van der Waals surface area contributed by atoms with Crippen molar-refractivity contribution >= 4 is 16.7 Å². The smallest absolute Gasteiger partial charge is 0.338 e. The van der Waals surface area contributed by atoms with Gasteiger partial charge in [0, 0.05) is 17.3 Å².